The van der Waals surface area contributed by atoms with Crippen LogP contribution in [0.3, 0.4) is 0 Å². The Morgan fingerprint density at radius 3 is 2.39 bits per heavy atom. The lowest BCUT2D eigenvalue weighted by molar-refractivity contribution is -0.118. The zero-order valence-electron chi connectivity index (χ0n) is 9.50. The van der Waals surface area contributed by atoms with Crippen LogP contribution in [0.15, 0.2) is 29.2 Å². The summed E-state index contributed by atoms with van der Waals surface area (Å²) >= 11 is 0. The summed E-state index contributed by atoms with van der Waals surface area (Å²) in [6, 6.07) is 5.37. The molecule has 1 aromatic carbocycles. The number of carbonyl (C=O) groups is 2. The van der Waals surface area contributed by atoms with Gasteiger partial charge in [0.2, 0.25) is 5.91 Å². The van der Waals surface area contributed by atoms with E-state index < -0.39 is 21.7 Å². The minimum absolute atomic E-state index is 0.0472. The highest BCUT2D eigenvalue weighted by Crippen LogP contribution is 2.18. The molecule has 0 aliphatic rings. The normalized spacial score (nSPS) is 11.1. The summed E-state index contributed by atoms with van der Waals surface area (Å²) < 4.78 is 23.8. The molecule has 1 aromatic rings. The summed E-state index contributed by atoms with van der Waals surface area (Å²) in [5.41, 5.74) is 4.64. The van der Waals surface area contributed by atoms with E-state index in [4.69, 9.17) is 10.8 Å². The maximum atomic E-state index is 11.9. The van der Waals surface area contributed by atoms with Gasteiger partial charge in [-0.05, 0) is 18.6 Å². The summed E-state index contributed by atoms with van der Waals surface area (Å²) in [6.45, 7) is 0. The number of sulfone groups is 1. The van der Waals surface area contributed by atoms with Crippen molar-refractivity contribution in [3.8, 4) is 0 Å². The minimum Gasteiger partial charge on any atom is -0.478 e. The van der Waals surface area contributed by atoms with E-state index in [1.807, 2.05) is 0 Å². The molecule has 0 spiro atoms. The largest absolute Gasteiger partial charge is 0.478 e. The molecular formula is C11H13NO5S. The quantitative estimate of drug-likeness (QED) is 0.778. The third-order valence-corrected chi connectivity index (χ3v) is 4.14. The first-order valence-corrected chi connectivity index (χ1v) is 6.83. The Balaban J connectivity index is 2.98. The van der Waals surface area contributed by atoms with Gasteiger partial charge in [-0.1, -0.05) is 12.1 Å². The van der Waals surface area contributed by atoms with Gasteiger partial charge in [-0.2, -0.15) is 0 Å². The van der Waals surface area contributed by atoms with Crippen LogP contribution in [0.1, 0.15) is 23.2 Å². The Hall–Kier alpha value is -1.89. The highest BCUT2D eigenvalue weighted by molar-refractivity contribution is 7.91. The number of carbonyl (C=O) groups excluding carboxylic acids is 1. The van der Waals surface area contributed by atoms with Gasteiger partial charge >= 0.3 is 5.97 Å². The lowest BCUT2D eigenvalue weighted by atomic mass is 10.2. The molecule has 18 heavy (non-hydrogen) atoms. The lowest BCUT2D eigenvalue weighted by Crippen LogP contribution is -2.15. The Labute approximate surface area is 104 Å². The summed E-state index contributed by atoms with van der Waals surface area (Å²) in [5.74, 6) is -2.19. The van der Waals surface area contributed by atoms with Gasteiger partial charge in [0.15, 0.2) is 9.84 Å². The molecule has 6 nitrogen and oxygen atoms in total. The second kappa shape index (κ2) is 5.63. The molecule has 0 heterocycles. The average molecular weight is 271 g/mol. The molecule has 1 rings (SSSR count). The molecule has 0 unspecified atom stereocenters. The molecule has 98 valence electrons. The molecule has 7 heteroatoms. The van der Waals surface area contributed by atoms with Gasteiger partial charge in [-0.3, -0.25) is 4.79 Å². The minimum atomic E-state index is -3.72. The number of rotatable bonds is 6. The van der Waals surface area contributed by atoms with Crippen molar-refractivity contribution in [3.63, 3.8) is 0 Å². The molecule has 0 aliphatic heterocycles. The number of carboxylic acids is 1. The smallest absolute Gasteiger partial charge is 0.337 e. The number of benzene rings is 1. The summed E-state index contributed by atoms with van der Waals surface area (Å²) in [4.78, 5) is 21.2. The van der Waals surface area contributed by atoms with Crippen LogP contribution in [0, 0.1) is 0 Å². The lowest BCUT2D eigenvalue weighted by Gasteiger charge is -2.06. The summed E-state index contributed by atoms with van der Waals surface area (Å²) in [5, 5.41) is 8.90. The van der Waals surface area contributed by atoms with Crippen LogP contribution in [-0.2, 0) is 14.6 Å². The van der Waals surface area contributed by atoms with Crippen molar-refractivity contribution in [2.45, 2.75) is 17.7 Å². The van der Waals surface area contributed by atoms with Gasteiger partial charge in [0.1, 0.15) is 0 Å². The van der Waals surface area contributed by atoms with Crippen LogP contribution in [-0.4, -0.2) is 31.2 Å². The highest BCUT2D eigenvalue weighted by atomic mass is 32.2. The van der Waals surface area contributed by atoms with Gasteiger partial charge in [-0.15, -0.1) is 0 Å². The Morgan fingerprint density at radius 1 is 1.22 bits per heavy atom. The first-order chi connectivity index (χ1) is 8.34. The van der Waals surface area contributed by atoms with Crippen LogP contribution in [0.4, 0.5) is 0 Å². The number of nitrogens with two attached hydrogens (primary N) is 1. The Bertz CT molecular complexity index is 565. The number of hydrogen-bond donors (Lipinski definition) is 2. The van der Waals surface area contributed by atoms with E-state index in [-0.39, 0.29) is 29.1 Å². The third-order valence-electron chi connectivity index (χ3n) is 2.29. The SMILES string of the molecule is NC(=O)CCCS(=O)(=O)c1ccccc1C(=O)O. The predicted molar refractivity (Wildman–Crippen MR) is 63.9 cm³/mol. The molecular weight excluding hydrogens is 258 g/mol. The van der Waals surface area contributed by atoms with Gasteiger partial charge < -0.3 is 10.8 Å². The predicted octanol–water partition coefficient (Wildman–Crippen LogP) is 0.424. The zero-order valence-corrected chi connectivity index (χ0v) is 10.3. The zero-order chi connectivity index (χ0) is 13.8. The number of primary amides is 1. The molecule has 3 N–H and O–H groups in total. The fourth-order valence-electron chi connectivity index (χ4n) is 1.46. The highest BCUT2D eigenvalue weighted by Gasteiger charge is 2.21. The Kier molecular flexibility index (Phi) is 4.43. The van der Waals surface area contributed by atoms with Crippen molar-refractivity contribution in [1.29, 1.82) is 0 Å². The Morgan fingerprint density at radius 2 is 1.83 bits per heavy atom. The van der Waals surface area contributed by atoms with Gasteiger partial charge in [0, 0.05) is 6.42 Å². The van der Waals surface area contributed by atoms with Gasteiger partial charge in [-0.25, -0.2) is 13.2 Å². The molecule has 0 saturated carbocycles. The first-order valence-electron chi connectivity index (χ1n) is 5.18. The van der Waals surface area contributed by atoms with E-state index in [0.717, 1.165) is 0 Å². The molecule has 0 aliphatic carbocycles. The number of carboxylic acid groups (broad SMARTS) is 1. The van der Waals surface area contributed by atoms with E-state index in [9.17, 15) is 18.0 Å². The summed E-state index contributed by atoms with van der Waals surface area (Å²) in [7, 11) is -3.72. The van der Waals surface area contributed by atoms with Crippen LogP contribution in [0.25, 0.3) is 0 Å². The van der Waals surface area contributed by atoms with Crippen molar-refractivity contribution in [2.75, 3.05) is 5.75 Å². The molecule has 1 amide bonds. The second-order valence-electron chi connectivity index (χ2n) is 3.69. The van der Waals surface area contributed by atoms with Crippen LogP contribution >= 0.6 is 0 Å². The molecule has 0 fully saturated rings. The monoisotopic (exact) mass is 271 g/mol. The molecule has 0 saturated heterocycles. The van der Waals surface area contributed by atoms with Gasteiger partial charge in [0.05, 0.1) is 16.2 Å². The third kappa shape index (κ3) is 3.56. The number of hydrogen-bond acceptors (Lipinski definition) is 4. The standard InChI is InChI=1S/C11H13NO5S/c12-10(13)6-3-7-18(16,17)9-5-2-1-4-8(9)11(14)15/h1-2,4-5H,3,6-7H2,(H2,12,13)(H,14,15). The molecule has 0 bridgehead atoms. The summed E-state index contributed by atoms with van der Waals surface area (Å²) in [6.07, 6.45) is 0.0279. The van der Waals surface area contributed by atoms with Crippen LogP contribution in [0.5, 0.6) is 0 Å². The van der Waals surface area contributed by atoms with Crippen LogP contribution < -0.4 is 5.73 Å². The number of amides is 1. The van der Waals surface area contributed by atoms with E-state index in [2.05, 4.69) is 0 Å². The van der Waals surface area contributed by atoms with Crippen molar-refractivity contribution >= 4 is 21.7 Å². The maximum Gasteiger partial charge on any atom is 0.337 e. The second-order valence-corrected chi connectivity index (χ2v) is 5.77. The fourth-order valence-corrected chi connectivity index (χ4v) is 2.98. The van der Waals surface area contributed by atoms with Crippen molar-refractivity contribution in [1.82, 2.24) is 0 Å². The van der Waals surface area contributed by atoms with Crippen molar-refractivity contribution in [2.24, 2.45) is 5.73 Å². The molecule has 0 radical (unpaired) electrons. The van der Waals surface area contributed by atoms with E-state index in [1.165, 1.54) is 24.3 Å². The van der Waals surface area contributed by atoms with Crippen molar-refractivity contribution in [3.05, 3.63) is 29.8 Å². The average Bonchev–Trinajstić information content (AvgIpc) is 2.28. The van der Waals surface area contributed by atoms with E-state index in [0.29, 0.717) is 0 Å². The van der Waals surface area contributed by atoms with E-state index in [1.54, 1.807) is 0 Å². The molecule has 0 atom stereocenters. The van der Waals surface area contributed by atoms with Crippen molar-refractivity contribution < 1.29 is 23.1 Å². The number of aromatic carboxylic acids is 1. The fraction of sp³-hybridized carbons (Fsp3) is 0.273. The molecule has 0 aromatic heterocycles. The maximum absolute atomic E-state index is 11.9. The topological polar surface area (TPSA) is 115 Å². The first kappa shape index (κ1) is 14.2. The van der Waals surface area contributed by atoms with E-state index >= 15 is 0 Å². The van der Waals surface area contributed by atoms with Gasteiger partial charge in [0.25, 0.3) is 0 Å². The van der Waals surface area contributed by atoms with Crippen LogP contribution in [0.2, 0.25) is 0 Å².